The van der Waals surface area contributed by atoms with Gasteiger partial charge in [0.25, 0.3) is 0 Å². The van der Waals surface area contributed by atoms with E-state index in [0.717, 1.165) is 10.0 Å². The summed E-state index contributed by atoms with van der Waals surface area (Å²) in [6.45, 7) is 0. The van der Waals surface area contributed by atoms with Crippen molar-refractivity contribution in [2.24, 2.45) is 0 Å². The zero-order valence-corrected chi connectivity index (χ0v) is 10.8. The number of aliphatic hydroxyl groups is 1. The minimum Gasteiger partial charge on any atom is -0.480 e. The van der Waals surface area contributed by atoms with Gasteiger partial charge in [0.05, 0.1) is 7.11 Å². The molecule has 5 heteroatoms. The van der Waals surface area contributed by atoms with E-state index in [4.69, 9.17) is 4.74 Å². The molecule has 88 valence electrons. The predicted octanol–water partition coefficient (Wildman–Crippen LogP) is 2.33. The third-order valence-corrected chi connectivity index (χ3v) is 2.86. The van der Waals surface area contributed by atoms with Crippen molar-refractivity contribution < 1.29 is 9.84 Å². The SMILES string of the molecule is COc1nccnc1C(O)c1ccc(Br)cc1. The maximum Gasteiger partial charge on any atom is 0.238 e. The molecular weight excluding hydrogens is 284 g/mol. The summed E-state index contributed by atoms with van der Waals surface area (Å²) in [5, 5.41) is 10.2. The number of aliphatic hydroxyl groups excluding tert-OH is 1. The Morgan fingerprint density at radius 2 is 1.82 bits per heavy atom. The van der Waals surface area contributed by atoms with Gasteiger partial charge in [-0.3, -0.25) is 4.98 Å². The topological polar surface area (TPSA) is 55.2 Å². The molecule has 1 atom stereocenters. The molecule has 17 heavy (non-hydrogen) atoms. The van der Waals surface area contributed by atoms with Gasteiger partial charge >= 0.3 is 0 Å². The molecule has 0 amide bonds. The highest BCUT2D eigenvalue weighted by Crippen LogP contribution is 2.26. The number of methoxy groups -OCH3 is 1. The molecule has 1 aromatic carbocycles. The van der Waals surface area contributed by atoms with Crippen molar-refractivity contribution >= 4 is 15.9 Å². The first-order valence-electron chi connectivity index (χ1n) is 5.01. The molecule has 1 unspecified atom stereocenters. The number of hydrogen-bond donors (Lipinski definition) is 1. The molecule has 1 N–H and O–H groups in total. The summed E-state index contributed by atoms with van der Waals surface area (Å²) >= 11 is 3.34. The Morgan fingerprint density at radius 1 is 1.18 bits per heavy atom. The van der Waals surface area contributed by atoms with Gasteiger partial charge in [-0.1, -0.05) is 28.1 Å². The van der Waals surface area contributed by atoms with Gasteiger partial charge in [0.1, 0.15) is 11.8 Å². The number of ether oxygens (including phenoxy) is 1. The molecule has 4 nitrogen and oxygen atoms in total. The largest absolute Gasteiger partial charge is 0.480 e. The zero-order chi connectivity index (χ0) is 12.3. The summed E-state index contributed by atoms with van der Waals surface area (Å²) in [6, 6.07) is 7.37. The molecule has 0 aliphatic carbocycles. The number of hydrogen-bond acceptors (Lipinski definition) is 4. The average Bonchev–Trinajstić information content (AvgIpc) is 2.39. The number of benzene rings is 1. The first kappa shape index (κ1) is 12.0. The monoisotopic (exact) mass is 294 g/mol. The summed E-state index contributed by atoms with van der Waals surface area (Å²) in [7, 11) is 1.50. The van der Waals surface area contributed by atoms with Crippen molar-refractivity contribution in [1.29, 1.82) is 0 Å². The standard InChI is InChI=1S/C12H11BrN2O2/c1-17-12-10(14-6-7-15-12)11(16)8-2-4-9(13)5-3-8/h2-7,11,16H,1H3. The maximum atomic E-state index is 10.2. The molecule has 0 spiro atoms. The lowest BCUT2D eigenvalue weighted by molar-refractivity contribution is 0.207. The Morgan fingerprint density at radius 3 is 2.47 bits per heavy atom. The molecule has 1 aromatic heterocycles. The van der Waals surface area contributed by atoms with Crippen LogP contribution in [0.15, 0.2) is 41.1 Å². The van der Waals surface area contributed by atoms with Gasteiger partial charge in [-0.15, -0.1) is 0 Å². The van der Waals surface area contributed by atoms with E-state index in [2.05, 4.69) is 25.9 Å². The van der Waals surface area contributed by atoms with Crippen LogP contribution in [0.25, 0.3) is 0 Å². The van der Waals surface area contributed by atoms with Gasteiger partial charge < -0.3 is 9.84 Å². The molecule has 0 saturated carbocycles. The molecule has 0 fully saturated rings. The van der Waals surface area contributed by atoms with Crippen LogP contribution in [0, 0.1) is 0 Å². The molecule has 1 heterocycles. The van der Waals surface area contributed by atoms with Crippen molar-refractivity contribution in [3.63, 3.8) is 0 Å². The van der Waals surface area contributed by atoms with Gasteiger partial charge in [0.15, 0.2) is 0 Å². The minimum atomic E-state index is -0.841. The van der Waals surface area contributed by atoms with E-state index in [1.54, 1.807) is 0 Å². The zero-order valence-electron chi connectivity index (χ0n) is 9.17. The van der Waals surface area contributed by atoms with Crippen LogP contribution < -0.4 is 4.74 Å². The lowest BCUT2D eigenvalue weighted by Gasteiger charge is -2.12. The van der Waals surface area contributed by atoms with Crippen molar-refractivity contribution in [2.75, 3.05) is 7.11 Å². The maximum absolute atomic E-state index is 10.2. The van der Waals surface area contributed by atoms with Crippen molar-refractivity contribution in [3.8, 4) is 5.88 Å². The minimum absolute atomic E-state index is 0.336. The van der Waals surface area contributed by atoms with Crippen LogP contribution in [0.4, 0.5) is 0 Å². The molecule has 0 saturated heterocycles. The lowest BCUT2D eigenvalue weighted by Crippen LogP contribution is -2.06. The molecule has 0 aliphatic rings. The summed E-state index contributed by atoms with van der Waals surface area (Å²) < 4.78 is 6.03. The van der Waals surface area contributed by atoms with Crippen LogP contribution in [0.1, 0.15) is 17.4 Å². The van der Waals surface area contributed by atoms with Gasteiger partial charge in [-0.2, -0.15) is 0 Å². The van der Waals surface area contributed by atoms with Gasteiger partial charge in [-0.05, 0) is 17.7 Å². The molecule has 0 aliphatic heterocycles. The van der Waals surface area contributed by atoms with E-state index in [-0.39, 0.29) is 0 Å². The van der Waals surface area contributed by atoms with Crippen molar-refractivity contribution in [1.82, 2.24) is 9.97 Å². The number of halogens is 1. The molecular formula is C12H11BrN2O2. The van der Waals surface area contributed by atoms with E-state index in [9.17, 15) is 5.11 Å². The van der Waals surface area contributed by atoms with E-state index in [1.807, 2.05) is 24.3 Å². The first-order valence-corrected chi connectivity index (χ1v) is 5.80. The first-order chi connectivity index (χ1) is 8.22. The van der Waals surface area contributed by atoms with E-state index in [1.165, 1.54) is 19.5 Å². The summed E-state index contributed by atoms with van der Waals surface area (Å²) in [4.78, 5) is 8.11. The number of rotatable bonds is 3. The Balaban J connectivity index is 2.36. The highest BCUT2D eigenvalue weighted by molar-refractivity contribution is 9.10. The Hall–Kier alpha value is -1.46. The number of nitrogens with zero attached hydrogens (tertiary/aromatic N) is 2. The highest BCUT2D eigenvalue weighted by Gasteiger charge is 2.17. The van der Waals surface area contributed by atoms with E-state index < -0.39 is 6.10 Å². The summed E-state index contributed by atoms with van der Waals surface area (Å²) in [5.74, 6) is 0.336. The Bertz CT molecular complexity index is 502. The van der Waals surface area contributed by atoms with Crippen molar-refractivity contribution in [2.45, 2.75) is 6.10 Å². The smallest absolute Gasteiger partial charge is 0.238 e. The lowest BCUT2D eigenvalue weighted by atomic mass is 10.1. The third-order valence-electron chi connectivity index (χ3n) is 2.33. The average molecular weight is 295 g/mol. The fourth-order valence-corrected chi connectivity index (χ4v) is 1.75. The fourth-order valence-electron chi connectivity index (χ4n) is 1.48. The van der Waals surface area contributed by atoms with Crippen LogP contribution >= 0.6 is 15.9 Å². The quantitative estimate of drug-likeness (QED) is 0.944. The van der Waals surface area contributed by atoms with Gasteiger partial charge in [-0.25, -0.2) is 4.98 Å². The van der Waals surface area contributed by atoms with Crippen LogP contribution in [0.5, 0.6) is 5.88 Å². The van der Waals surface area contributed by atoms with E-state index in [0.29, 0.717) is 11.6 Å². The van der Waals surface area contributed by atoms with E-state index >= 15 is 0 Å². The second-order valence-corrected chi connectivity index (χ2v) is 4.32. The van der Waals surface area contributed by atoms with Gasteiger partial charge in [0.2, 0.25) is 5.88 Å². The van der Waals surface area contributed by atoms with Crippen molar-refractivity contribution in [3.05, 3.63) is 52.4 Å². The number of aromatic nitrogens is 2. The second-order valence-electron chi connectivity index (χ2n) is 3.40. The molecule has 2 aromatic rings. The summed E-state index contributed by atoms with van der Waals surface area (Å²) in [6.07, 6.45) is 2.21. The van der Waals surface area contributed by atoms with Crippen LogP contribution in [0.2, 0.25) is 0 Å². The van der Waals surface area contributed by atoms with Crippen LogP contribution in [-0.2, 0) is 0 Å². The summed E-state index contributed by atoms with van der Waals surface area (Å²) in [5.41, 5.74) is 1.16. The molecule has 0 radical (unpaired) electrons. The van der Waals surface area contributed by atoms with Crippen LogP contribution in [-0.4, -0.2) is 22.2 Å². The highest BCUT2D eigenvalue weighted by atomic mass is 79.9. The Kier molecular flexibility index (Phi) is 3.71. The Labute approximate surface area is 107 Å². The second kappa shape index (κ2) is 5.25. The molecule has 0 bridgehead atoms. The molecule has 2 rings (SSSR count). The third kappa shape index (κ3) is 2.62. The van der Waals surface area contributed by atoms with Crippen LogP contribution in [0.3, 0.4) is 0 Å². The normalized spacial score (nSPS) is 12.2. The predicted molar refractivity (Wildman–Crippen MR) is 66.8 cm³/mol. The van der Waals surface area contributed by atoms with Gasteiger partial charge in [0, 0.05) is 16.9 Å². The fraction of sp³-hybridized carbons (Fsp3) is 0.167.